The summed E-state index contributed by atoms with van der Waals surface area (Å²) in [6, 6.07) is 7.50. The number of alkyl halides is 3. The Morgan fingerprint density at radius 3 is 2.50 bits per heavy atom. The molecule has 0 saturated carbocycles. The average Bonchev–Trinajstić information content (AvgIpc) is 3.33. The van der Waals surface area contributed by atoms with E-state index in [-0.39, 0.29) is 11.9 Å². The Bertz CT molecular complexity index is 943. The third kappa shape index (κ3) is 4.01. The summed E-state index contributed by atoms with van der Waals surface area (Å²) in [6.45, 7) is 1.31. The Labute approximate surface area is 162 Å². The fourth-order valence-electron chi connectivity index (χ4n) is 3.26. The minimum Gasteiger partial charge on any atom is -0.347 e. The molecule has 0 aliphatic carbocycles. The van der Waals surface area contributed by atoms with Gasteiger partial charge in [0.1, 0.15) is 10.8 Å². The average molecular weight is 411 g/mol. The maximum atomic E-state index is 13.8. The van der Waals surface area contributed by atoms with Crippen molar-refractivity contribution < 1.29 is 17.6 Å². The normalized spacial score (nSPS) is 15.9. The Morgan fingerprint density at radius 1 is 1.07 bits per heavy atom. The van der Waals surface area contributed by atoms with Crippen molar-refractivity contribution in [2.45, 2.75) is 31.5 Å². The molecular weight excluding hydrogens is 394 g/mol. The van der Waals surface area contributed by atoms with Crippen LogP contribution in [0.25, 0.3) is 0 Å². The van der Waals surface area contributed by atoms with E-state index in [9.17, 15) is 17.6 Å². The molecule has 0 N–H and O–H groups in total. The Balaban J connectivity index is 1.37. The van der Waals surface area contributed by atoms with Crippen molar-refractivity contribution in [1.82, 2.24) is 20.0 Å². The van der Waals surface area contributed by atoms with Gasteiger partial charge in [-0.15, -0.1) is 10.2 Å². The molecule has 0 radical (unpaired) electrons. The second kappa shape index (κ2) is 7.50. The van der Waals surface area contributed by atoms with E-state index < -0.39 is 11.9 Å². The fraction of sp³-hybridized carbons (Fsp3) is 0.389. The topological polar surface area (TPSA) is 46.8 Å². The molecule has 0 unspecified atom stereocenters. The van der Waals surface area contributed by atoms with Crippen molar-refractivity contribution in [2.24, 2.45) is 0 Å². The summed E-state index contributed by atoms with van der Waals surface area (Å²) in [5.74, 6) is -0.266. The lowest BCUT2D eigenvalue weighted by atomic mass is 10.1. The van der Waals surface area contributed by atoms with Crippen molar-refractivity contribution in [3.8, 4) is 0 Å². The SMILES string of the molecule is Fc1ccccc1Cc1nnc(N2CCC(n3ccc(C(F)(F)F)n3)CC2)s1. The van der Waals surface area contributed by atoms with Crippen LogP contribution in [-0.2, 0) is 12.6 Å². The zero-order valence-corrected chi connectivity index (χ0v) is 15.5. The highest BCUT2D eigenvalue weighted by Crippen LogP contribution is 2.31. The molecule has 0 amide bonds. The maximum Gasteiger partial charge on any atom is 0.435 e. The maximum absolute atomic E-state index is 13.8. The Hall–Kier alpha value is -2.49. The van der Waals surface area contributed by atoms with Crippen LogP contribution in [0.2, 0.25) is 0 Å². The molecule has 0 bridgehead atoms. The van der Waals surface area contributed by atoms with Gasteiger partial charge in [-0.2, -0.15) is 18.3 Å². The number of anilines is 1. The summed E-state index contributed by atoms with van der Waals surface area (Å²) in [7, 11) is 0. The van der Waals surface area contributed by atoms with E-state index in [0.29, 0.717) is 37.9 Å². The number of aromatic nitrogens is 4. The van der Waals surface area contributed by atoms with Gasteiger partial charge < -0.3 is 4.90 Å². The molecule has 1 aliphatic rings. The van der Waals surface area contributed by atoms with Gasteiger partial charge in [0.15, 0.2) is 5.69 Å². The third-order valence-corrected chi connectivity index (χ3v) is 5.75. The summed E-state index contributed by atoms with van der Waals surface area (Å²) in [6.07, 6.45) is -1.32. The number of halogens is 4. The molecule has 1 fully saturated rings. The number of nitrogens with zero attached hydrogens (tertiary/aromatic N) is 5. The first-order valence-electron chi connectivity index (χ1n) is 8.83. The first-order valence-corrected chi connectivity index (χ1v) is 9.65. The van der Waals surface area contributed by atoms with Gasteiger partial charge in [0, 0.05) is 25.7 Å². The van der Waals surface area contributed by atoms with Crippen molar-refractivity contribution in [1.29, 1.82) is 0 Å². The van der Waals surface area contributed by atoms with Crippen LogP contribution in [0, 0.1) is 5.82 Å². The van der Waals surface area contributed by atoms with Crippen LogP contribution in [0.4, 0.5) is 22.7 Å². The highest BCUT2D eigenvalue weighted by molar-refractivity contribution is 7.15. The van der Waals surface area contributed by atoms with Crippen LogP contribution in [0.5, 0.6) is 0 Å². The van der Waals surface area contributed by atoms with E-state index in [1.54, 1.807) is 18.2 Å². The van der Waals surface area contributed by atoms with E-state index >= 15 is 0 Å². The molecule has 0 atom stereocenters. The molecule has 10 heteroatoms. The van der Waals surface area contributed by atoms with E-state index in [2.05, 4.69) is 20.2 Å². The lowest BCUT2D eigenvalue weighted by Crippen LogP contribution is -2.34. The minimum absolute atomic E-state index is 0.0712. The third-order valence-electron chi connectivity index (χ3n) is 4.76. The van der Waals surface area contributed by atoms with Crippen molar-refractivity contribution in [2.75, 3.05) is 18.0 Å². The molecule has 5 nitrogen and oxygen atoms in total. The predicted molar refractivity (Wildman–Crippen MR) is 96.8 cm³/mol. The van der Waals surface area contributed by atoms with Crippen molar-refractivity contribution >= 4 is 16.5 Å². The first kappa shape index (κ1) is 18.9. The standard InChI is InChI=1S/C18H17F4N5S/c19-14-4-2-1-3-12(14)11-16-23-24-17(28-16)26-8-5-13(6-9-26)27-10-7-15(25-27)18(20,21)22/h1-4,7,10,13H,5-6,8-9,11H2. The van der Waals surface area contributed by atoms with Gasteiger partial charge in [-0.05, 0) is 30.5 Å². The second-order valence-electron chi connectivity index (χ2n) is 6.64. The van der Waals surface area contributed by atoms with Crippen LogP contribution in [0.1, 0.15) is 35.1 Å². The monoisotopic (exact) mass is 411 g/mol. The van der Waals surface area contributed by atoms with Crippen molar-refractivity contribution in [3.63, 3.8) is 0 Å². The molecule has 1 aromatic carbocycles. The van der Waals surface area contributed by atoms with Gasteiger partial charge >= 0.3 is 6.18 Å². The van der Waals surface area contributed by atoms with Gasteiger partial charge in [-0.25, -0.2) is 4.39 Å². The minimum atomic E-state index is -4.42. The number of piperidine rings is 1. The summed E-state index contributed by atoms with van der Waals surface area (Å²) in [5.41, 5.74) is -0.292. The summed E-state index contributed by atoms with van der Waals surface area (Å²) < 4.78 is 53.3. The Morgan fingerprint density at radius 2 is 1.82 bits per heavy atom. The van der Waals surface area contributed by atoms with E-state index in [4.69, 9.17) is 0 Å². The van der Waals surface area contributed by atoms with E-state index in [1.807, 2.05) is 0 Å². The molecule has 28 heavy (non-hydrogen) atoms. The number of hydrogen-bond acceptors (Lipinski definition) is 5. The molecule has 1 saturated heterocycles. The zero-order valence-electron chi connectivity index (χ0n) is 14.7. The summed E-state index contributed by atoms with van der Waals surface area (Å²) >= 11 is 1.41. The van der Waals surface area contributed by atoms with Gasteiger partial charge in [0.25, 0.3) is 0 Å². The quantitative estimate of drug-likeness (QED) is 0.600. The van der Waals surface area contributed by atoms with Gasteiger partial charge in [-0.1, -0.05) is 29.5 Å². The molecule has 0 spiro atoms. The van der Waals surface area contributed by atoms with Gasteiger partial charge in [0.2, 0.25) is 5.13 Å². The first-order chi connectivity index (χ1) is 13.4. The molecule has 3 heterocycles. The van der Waals surface area contributed by atoms with Crippen molar-refractivity contribution in [3.05, 3.63) is 58.6 Å². The van der Waals surface area contributed by atoms with Gasteiger partial charge in [0.05, 0.1) is 6.04 Å². The predicted octanol–water partition coefficient (Wildman–Crippen LogP) is 4.32. The fourth-order valence-corrected chi connectivity index (χ4v) is 4.18. The summed E-state index contributed by atoms with van der Waals surface area (Å²) in [4.78, 5) is 2.06. The lowest BCUT2D eigenvalue weighted by molar-refractivity contribution is -0.141. The smallest absolute Gasteiger partial charge is 0.347 e. The molecule has 4 rings (SSSR count). The van der Waals surface area contributed by atoms with Crippen LogP contribution in [0.15, 0.2) is 36.5 Å². The lowest BCUT2D eigenvalue weighted by Gasteiger charge is -2.31. The highest BCUT2D eigenvalue weighted by atomic mass is 32.1. The Kier molecular flexibility index (Phi) is 5.05. The summed E-state index contributed by atoms with van der Waals surface area (Å²) in [5, 5.41) is 13.5. The van der Waals surface area contributed by atoms with Crippen LogP contribution >= 0.6 is 11.3 Å². The second-order valence-corrected chi connectivity index (χ2v) is 7.68. The van der Waals surface area contributed by atoms with E-state index in [1.165, 1.54) is 28.3 Å². The molecule has 1 aliphatic heterocycles. The van der Waals surface area contributed by atoms with Gasteiger partial charge in [-0.3, -0.25) is 4.68 Å². The number of hydrogen-bond donors (Lipinski definition) is 0. The van der Waals surface area contributed by atoms with Crippen LogP contribution < -0.4 is 4.90 Å². The van der Waals surface area contributed by atoms with E-state index in [0.717, 1.165) is 16.2 Å². The number of benzene rings is 1. The zero-order chi connectivity index (χ0) is 19.7. The molecule has 148 valence electrons. The molecular formula is C18H17F4N5S. The number of rotatable bonds is 4. The highest BCUT2D eigenvalue weighted by Gasteiger charge is 2.34. The molecule has 2 aromatic heterocycles. The van der Waals surface area contributed by atoms with Crippen LogP contribution in [-0.4, -0.2) is 33.1 Å². The molecule has 3 aromatic rings. The van der Waals surface area contributed by atoms with Crippen LogP contribution in [0.3, 0.4) is 0 Å². The largest absolute Gasteiger partial charge is 0.435 e.